The maximum atomic E-state index is 12.8. The fourth-order valence-corrected chi connectivity index (χ4v) is 2.67. The molecule has 4 N–H and O–H groups in total. The molecule has 1 aromatic carbocycles. The molecular formula is C19H31N3O3. The molecule has 0 radical (unpaired) electrons. The highest BCUT2D eigenvalue weighted by atomic mass is 16.3. The molecule has 140 valence electrons. The van der Waals surface area contributed by atoms with Gasteiger partial charge >= 0.3 is 0 Å². The van der Waals surface area contributed by atoms with E-state index in [2.05, 4.69) is 5.32 Å². The normalized spacial score (nSPS) is 13.2. The Kier molecular flexibility index (Phi) is 8.58. The van der Waals surface area contributed by atoms with Crippen molar-refractivity contribution in [2.75, 3.05) is 19.6 Å². The van der Waals surface area contributed by atoms with Crippen LogP contribution in [0.2, 0.25) is 0 Å². The molecule has 6 nitrogen and oxygen atoms in total. The minimum absolute atomic E-state index is 0.0588. The zero-order valence-electron chi connectivity index (χ0n) is 15.7. The first-order chi connectivity index (χ1) is 11.8. The van der Waals surface area contributed by atoms with Crippen molar-refractivity contribution < 1.29 is 14.7 Å². The third kappa shape index (κ3) is 6.14. The molecule has 1 aromatic rings. The van der Waals surface area contributed by atoms with Gasteiger partial charge in [-0.1, -0.05) is 13.8 Å². The number of aryl methyl sites for hydroxylation is 1. The summed E-state index contributed by atoms with van der Waals surface area (Å²) in [6.45, 7) is 9.09. The smallest absolute Gasteiger partial charge is 0.253 e. The van der Waals surface area contributed by atoms with E-state index in [4.69, 9.17) is 5.73 Å². The molecule has 6 heteroatoms. The predicted molar refractivity (Wildman–Crippen MR) is 99.7 cm³/mol. The van der Waals surface area contributed by atoms with Crippen LogP contribution in [0.4, 0.5) is 0 Å². The van der Waals surface area contributed by atoms with Crippen molar-refractivity contribution in [1.82, 2.24) is 10.2 Å². The molecule has 1 rings (SSSR count). The Hall–Kier alpha value is -1.92. The Labute approximate surface area is 150 Å². The van der Waals surface area contributed by atoms with Gasteiger partial charge in [0.15, 0.2) is 0 Å². The molecule has 0 heterocycles. The van der Waals surface area contributed by atoms with E-state index in [9.17, 15) is 14.7 Å². The number of hydrogen-bond donors (Lipinski definition) is 3. The van der Waals surface area contributed by atoms with E-state index < -0.39 is 12.1 Å². The van der Waals surface area contributed by atoms with Crippen LogP contribution in [0, 0.1) is 6.92 Å². The Bertz CT molecular complexity index is 583. The Morgan fingerprint density at radius 3 is 2.24 bits per heavy atom. The van der Waals surface area contributed by atoms with Gasteiger partial charge in [-0.25, -0.2) is 0 Å². The third-order valence-electron chi connectivity index (χ3n) is 4.04. The molecule has 0 fully saturated rings. The van der Waals surface area contributed by atoms with Crippen molar-refractivity contribution in [2.45, 2.75) is 52.7 Å². The zero-order chi connectivity index (χ0) is 19.0. The van der Waals surface area contributed by atoms with Gasteiger partial charge in [-0.05, 0) is 50.5 Å². The van der Waals surface area contributed by atoms with E-state index in [1.807, 2.05) is 25.7 Å². The number of aliphatic hydroxyl groups excluding tert-OH is 1. The van der Waals surface area contributed by atoms with Gasteiger partial charge in [0.2, 0.25) is 0 Å². The summed E-state index contributed by atoms with van der Waals surface area (Å²) in [6, 6.07) is 4.69. The fraction of sp³-hybridized carbons (Fsp3) is 0.579. The van der Waals surface area contributed by atoms with Gasteiger partial charge in [0.1, 0.15) is 0 Å². The maximum Gasteiger partial charge on any atom is 0.253 e. The Morgan fingerprint density at radius 1 is 1.16 bits per heavy atom. The Morgan fingerprint density at radius 2 is 1.72 bits per heavy atom. The highest BCUT2D eigenvalue weighted by molar-refractivity contribution is 6.00. The number of nitrogens with one attached hydrogen (secondary N) is 1. The van der Waals surface area contributed by atoms with Gasteiger partial charge in [0.25, 0.3) is 11.8 Å². The van der Waals surface area contributed by atoms with Crippen molar-refractivity contribution in [3.8, 4) is 0 Å². The largest absolute Gasteiger partial charge is 0.390 e. The van der Waals surface area contributed by atoms with Crippen molar-refractivity contribution in [2.24, 2.45) is 5.73 Å². The van der Waals surface area contributed by atoms with Crippen molar-refractivity contribution >= 4 is 11.8 Å². The summed E-state index contributed by atoms with van der Waals surface area (Å²) in [5.74, 6) is -0.383. The van der Waals surface area contributed by atoms with Crippen LogP contribution < -0.4 is 11.1 Å². The number of benzene rings is 1. The van der Waals surface area contributed by atoms with E-state index in [0.717, 1.165) is 18.4 Å². The monoisotopic (exact) mass is 349 g/mol. The molecule has 0 saturated heterocycles. The van der Waals surface area contributed by atoms with Crippen LogP contribution in [-0.4, -0.2) is 53.6 Å². The van der Waals surface area contributed by atoms with E-state index in [1.54, 1.807) is 25.1 Å². The predicted octanol–water partition coefficient (Wildman–Crippen LogP) is 1.70. The molecule has 0 aliphatic heterocycles. The lowest BCUT2D eigenvalue weighted by Gasteiger charge is -2.22. The molecule has 0 saturated carbocycles. The van der Waals surface area contributed by atoms with Crippen LogP contribution in [0.3, 0.4) is 0 Å². The summed E-state index contributed by atoms with van der Waals surface area (Å²) in [4.78, 5) is 27.0. The lowest BCUT2D eigenvalue weighted by atomic mass is 10.0. The van der Waals surface area contributed by atoms with Gasteiger partial charge < -0.3 is 21.1 Å². The molecule has 0 bridgehead atoms. The summed E-state index contributed by atoms with van der Waals surface area (Å²) in [5, 5.41) is 12.4. The number of nitrogens with zero attached hydrogens (tertiary/aromatic N) is 1. The van der Waals surface area contributed by atoms with Crippen LogP contribution >= 0.6 is 0 Å². The molecule has 0 spiro atoms. The number of hydrogen-bond acceptors (Lipinski definition) is 4. The average Bonchev–Trinajstić information content (AvgIpc) is 2.59. The quantitative estimate of drug-likeness (QED) is 0.632. The molecule has 0 aliphatic carbocycles. The van der Waals surface area contributed by atoms with E-state index >= 15 is 0 Å². The molecular weight excluding hydrogens is 318 g/mol. The lowest BCUT2D eigenvalue weighted by molar-refractivity contribution is 0.0755. The minimum atomic E-state index is -0.806. The summed E-state index contributed by atoms with van der Waals surface area (Å²) in [6.07, 6.45) is 0.971. The van der Waals surface area contributed by atoms with Gasteiger partial charge in [0.05, 0.1) is 12.1 Å². The van der Waals surface area contributed by atoms with Gasteiger partial charge in [-0.15, -0.1) is 0 Å². The number of nitrogens with two attached hydrogens (primary N) is 1. The van der Waals surface area contributed by atoms with E-state index in [1.165, 1.54) is 0 Å². The topological polar surface area (TPSA) is 95.7 Å². The molecule has 2 unspecified atom stereocenters. The summed E-state index contributed by atoms with van der Waals surface area (Å²) in [7, 11) is 0. The summed E-state index contributed by atoms with van der Waals surface area (Å²) < 4.78 is 0. The standard InChI is InChI=1S/C19H31N3O3/c1-5-7-22(8-6-2)19(25)16-10-13(3)9-15(11-16)18(24)21-14(4)17(23)12-20/h9-11,14,17,23H,5-8,12,20H2,1-4H3,(H,21,24). The highest BCUT2D eigenvalue weighted by Gasteiger charge is 2.19. The third-order valence-corrected chi connectivity index (χ3v) is 4.04. The summed E-state index contributed by atoms with van der Waals surface area (Å²) in [5.41, 5.74) is 7.18. The van der Waals surface area contributed by atoms with E-state index in [0.29, 0.717) is 24.2 Å². The maximum absolute atomic E-state index is 12.8. The number of carbonyl (C=O) groups excluding carboxylic acids is 2. The van der Waals surface area contributed by atoms with Gasteiger partial charge in [-0.2, -0.15) is 0 Å². The van der Waals surface area contributed by atoms with Crippen LogP contribution in [0.1, 0.15) is 59.9 Å². The van der Waals surface area contributed by atoms with Crippen molar-refractivity contribution in [3.63, 3.8) is 0 Å². The number of aliphatic hydroxyl groups is 1. The van der Waals surface area contributed by atoms with Crippen LogP contribution in [0.25, 0.3) is 0 Å². The molecule has 25 heavy (non-hydrogen) atoms. The van der Waals surface area contributed by atoms with Crippen molar-refractivity contribution in [3.05, 3.63) is 34.9 Å². The SMILES string of the molecule is CCCN(CCC)C(=O)c1cc(C)cc(C(=O)NC(C)C(O)CN)c1. The first-order valence-electron chi connectivity index (χ1n) is 8.93. The lowest BCUT2D eigenvalue weighted by Crippen LogP contribution is -2.44. The minimum Gasteiger partial charge on any atom is -0.390 e. The molecule has 0 aromatic heterocycles. The van der Waals surface area contributed by atoms with Crippen LogP contribution in [-0.2, 0) is 0 Å². The molecule has 0 aliphatic rings. The number of carbonyl (C=O) groups is 2. The van der Waals surface area contributed by atoms with Gasteiger partial charge in [0, 0.05) is 30.8 Å². The highest BCUT2D eigenvalue weighted by Crippen LogP contribution is 2.14. The number of rotatable bonds is 9. The summed E-state index contributed by atoms with van der Waals surface area (Å²) >= 11 is 0. The van der Waals surface area contributed by atoms with Crippen LogP contribution in [0.15, 0.2) is 18.2 Å². The zero-order valence-corrected chi connectivity index (χ0v) is 15.7. The second-order valence-corrected chi connectivity index (χ2v) is 6.45. The van der Waals surface area contributed by atoms with E-state index in [-0.39, 0.29) is 18.4 Å². The Balaban J connectivity index is 3.02. The second kappa shape index (κ2) is 10.2. The van der Waals surface area contributed by atoms with Gasteiger partial charge in [-0.3, -0.25) is 9.59 Å². The first kappa shape index (κ1) is 21.1. The van der Waals surface area contributed by atoms with Crippen molar-refractivity contribution in [1.29, 1.82) is 0 Å². The molecule has 2 atom stereocenters. The molecule has 2 amide bonds. The van der Waals surface area contributed by atoms with Crippen LogP contribution in [0.5, 0.6) is 0 Å². The number of amides is 2. The average molecular weight is 349 g/mol. The fourth-order valence-electron chi connectivity index (χ4n) is 2.67. The second-order valence-electron chi connectivity index (χ2n) is 6.45. The first-order valence-corrected chi connectivity index (χ1v) is 8.93.